The van der Waals surface area contributed by atoms with E-state index >= 15 is 0 Å². The summed E-state index contributed by atoms with van der Waals surface area (Å²) in [6.45, 7) is 7.70. The predicted octanol–water partition coefficient (Wildman–Crippen LogP) is 2.54. The highest BCUT2D eigenvalue weighted by atomic mass is 16.5. The van der Waals surface area contributed by atoms with Crippen LogP contribution in [0.5, 0.6) is 0 Å². The second-order valence-corrected chi connectivity index (χ2v) is 9.16. The van der Waals surface area contributed by atoms with E-state index in [0.29, 0.717) is 31.8 Å². The minimum absolute atomic E-state index is 0.0579. The van der Waals surface area contributed by atoms with Gasteiger partial charge in [-0.15, -0.1) is 0 Å². The number of carbonyl (C=O) groups is 2. The Morgan fingerprint density at radius 2 is 1.94 bits per heavy atom. The van der Waals surface area contributed by atoms with E-state index < -0.39 is 0 Å². The summed E-state index contributed by atoms with van der Waals surface area (Å²) in [5, 5.41) is 7.40. The van der Waals surface area contributed by atoms with Gasteiger partial charge in [-0.2, -0.15) is 5.10 Å². The average Bonchev–Trinajstić information content (AvgIpc) is 3.05. The van der Waals surface area contributed by atoms with Crippen LogP contribution in [0.15, 0.2) is 24.3 Å². The Hall–Kier alpha value is -2.67. The minimum atomic E-state index is -0.286. The number of nitrogens with zero attached hydrogens (tertiary/aromatic N) is 3. The Balaban J connectivity index is 1.41. The lowest BCUT2D eigenvalue weighted by Gasteiger charge is -2.44. The van der Waals surface area contributed by atoms with Crippen molar-refractivity contribution in [3.05, 3.63) is 52.3 Å². The van der Waals surface area contributed by atoms with Crippen LogP contribution >= 0.6 is 0 Å². The van der Waals surface area contributed by atoms with Gasteiger partial charge in [0.15, 0.2) is 5.69 Å². The molecule has 0 aliphatic carbocycles. The number of rotatable bonds is 4. The monoisotopic (exact) mass is 424 g/mol. The number of fused-ring (bicyclic) bond motifs is 1. The van der Waals surface area contributed by atoms with Crippen LogP contribution in [0.4, 0.5) is 0 Å². The number of piperidine rings is 1. The second kappa shape index (κ2) is 8.46. The van der Waals surface area contributed by atoms with Crippen LogP contribution in [0.25, 0.3) is 0 Å². The molecule has 0 saturated carbocycles. The van der Waals surface area contributed by atoms with Crippen LogP contribution in [0.1, 0.15) is 59.6 Å². The van der Waals surface area contributed by atoms with E-state index in [-0.39, 0.29) is 23.5 Å². The van der Waals surface area contributed by atoms with Gasteiger partial charge in [-0.25, -0.2) is 0 Å². The normalized spacial score (nSPS) is 17.6. The quantitative estimate of drug-likeness (QED) is 0.818. The molecular formula is C24H32N4O3. The van der Waals surface area contributed by atoms with Gasteiger partial charge < -0.3 is 15.0 Å². The predicted molar refractivity (Wildman–Crippen MR) is 118 cm³/mol. The standard InChI is InChI=1S/C24H32N4O3/c1-16(2)25-23(30)22-19-15-31-24(14-20(19)27(4)26-22)9-11-28(12-10-24)21(29)13-18-8-6-5-7-17(18)3/h5-8,16H,9-15H2,1-4H3,(H,25,30). The number of aryl methyl sites for hydroxylation is 2. The van der Waals surface area contributed by atoms with Crippen molar-refractivity contribution < 1.29 is 14.3 Å². The zero-order chi connectivity index (χ0) is 22.2. The molecule has 0 bridgehead atoms. The first-order valence-corrected chi connectivity index (χ1v) is 11.1. The zero-order valence-corrected chi connectivity index (χ0v) is 18.9. The molecule has 2 aliphatic heterocycles. The van der Waals surface area contributed by atoms with Gasteiger partial charge in [0.25, 0.3) is 5.91 Å². The number of amides is 2. The molecule has 3 heterocycles. The molecule has 1 aromatic carbocycles. The average molecular weight is 425 g/mol. The Morgan fingerprint density at radius 3 is 2.61 bits per heavy atom. The number of hydrogen-bond donors (Lipinski definition) is 1. The van der Waals surface area contributed by atoms with Crippen LogP contribution in [0.3, 0.4) is 0 Å². The number of benzene rings is 1. The SMILES string of the molecule is Cc1ccccc1CC(=O)N1CCC2(CC1)Cc1c(c(C(=O)NC(C)C)nn1C)CO2. The highest BCUT2D eigenvalue weighted by Crippen LogP contribution is 2.37. The summed E-state index contributed by atoms with van der Waals surface area (Å²) in [6, 6.07) is 8.11. The lowest BCUT2D eigenvalue weighted by atomic mass is 9.83. The van der Waals surface area contributed by atoms with E-state index in [0.717, 1.165) is 41.6 Å². The molecule has 1 saturated heterocycles. The third kappa shape index (κ3) is 4.37. The molecular weight excluding hydrogens is 392 g/mol. The number of hydrogen-bond acceptors (Lipinski definition) is 4. The van der Waals surface area contributed by atoms with Crippen LogP contribution in [-0.2, 0) is 36.0 Å². The number of aromatic nitrogens is 2. The molecule has 1 N–H and O–H groups in total. The second-order valence-electron chi connectivity index (χ2n) is 9.16. The van der Waals surface area contributed by atoms with E-state index in [9.17, 15) is 9.59 Å². The molecule has 0 radical (unpaired) electrons. The van der Waals surface area contributed by atoms with Crippen molar-refractivity contribution in [3.8, 4) is 0 Å². The van der Waals surface area contributed by atoms with Crippen molar-refractivity contribution in [2.45, 2.75) is 64.7 Å². The molecule has 0 unspecified atom stereocenters. The molecule has 0 atom stereocenters. The lowest BCUT2D eigenvalue weighted by Crippen LogP contribution is -2.51. The van der Waals surface area contributed by atoms with Crippen LogP contribution in [0, 0.1) is 6.92 Å². The van der Waals surface area contributed by atoms with Crippen molar-refractivity contribution in [2.75, 3.05) is 13.1 Å². The van der Waals surface area contributed by atoms with Crippen LogP contribution < -0.4 is 5.32 Å². The largest absolute Gasteiger partial charge is 0.370 e. The number of nitrogens with one attached hydrogen (secondary N) is 1. The molecule has 1 fully saturated rings. The summed E-state index contributed by atoms with van der Waals surface area (Å²) in [6.07, 6.45) is 2.76. The summed E-state index contributed by atoms with van der Waals surface area (Å²) >= 11 is 0. The maximum atomic E-state index is 12.8. The topological polar surface area (TPSA) is 76.5 Å². The number of likely N-dealkylation sites (tertiary alicyclic amines) is 1. The zero-order valence-electron chi connectivity index (χ0n) is 18.9. The Morgan fingerprint density at radius 1 is 1.23 bits per heavy atom. The fourth-order valence-corrected chi connectivity index (χ4v) is 4.64. The van der Waals surface area contributed by atoms with Gasteiger partial charge in [0.1, 0.15) is 0 Å². The third-order valence-electron chi connectivity index (χ3n) is 6.55. The van der Waals surface area contributed by atoms with Crippen LogP contribution in [0.2, 0.25) is 0 Å². The fourth-order valence-electron chi connectivity index (χ4n) is 4.64. The lowest BCUT2D eigenvalue weighted by molar-refractivity contribution is -0.140. The maximum absolute atomic E-state index is 12.8. The molecule has 1 spiro atoms. The van der Waals surface area contributed by atoms with Gasteiger partial charge in [0.05, 0.1) is 18.6 Å². The summed E-state index contributed by atoms with van der Waals surface area (Å²) in [4.78, 5) is 27.3. The highest BCUT2D eigenvalue weighted by Gasteiger charge is 2.42. The van der Waals surface area contributed by atoms with Crippen molar-refractivity contribution in [1.82, 2.24) is 20.0 Å². The fraction of sp³-hybridized carbons (Fsp3) is 0.542. The molecule has 2 amide bonds. The van der Waals surface area contributed by atoms with Gasteiger partial charge in [-0.3, -0.25) is 14.3 Å². The molecule has 7 nitrogen and oxygen atoms in total. The van der Waals surface area contributed by atoms with E-state index in [1.807, 2.05) is 61.7 Å². The molecule has 31 heavy (non-hydrogen) atoms. The first-order chi connectivity index (χ1) is 14.8. The molecule has 1 aromatic heterocycles. The van der Waals surface area contributed by atoms with Crippen molar-refractivity contribution in [3.63, 3.8) is 0 Å². The van der Waals surface area contributed by atoms with E-state index in [1.54, 1.807) is 0 Å². The van der Waals surface area contributed by atoms with E-state index in [4.69, 9.17) is 4.74 Å². The number of ether oxygens (including phenoxy) is 1. The van der Waals surface area contributed by atoms with Gasteiger partial charge in [-0.1, -0.05) is 24.3 Å². The molecule has 7 heteroatoms. The van der Waals surface area contributed by atoms with E-state index in [2.05, 4.69) is 10.4 Å². The molecule has 2 aliphatic rings. The van der Waals surface area contributed by atoms with Crippen LogP contribution in [-0.4, -0.2) is 51.2 Å². The maximum Gasteiger partial charge on any atom is 0.272 e. The molecule has 2 aromatic rings. The van der Waals surface area contributed by atoms with Crippen molar-refractivity contribution in [2.24, 2.45) is 7.05 Å². The highest BCUT2D eigenvalue weighted by molar-refractivity contribution is 5.94. The minimum Gasteiger partial charge on any atom is -0.370 e. The molecule has 4 rings (SSSR count). The number of carbonyl (C=O) groups excluding carboxylic acids is 2. The Bertz CT molecular complexity index is 987. The first-order valence-electron chi connectivity index (χ1n) is 11.1. The molecule has 166 valence electrons. The van der Waals surface area contributed by atoms with Crippen molar-refractivity contribution >= 4 is 11.8 Å². The van der Waals surface area contributed by atoms with Crippen molar-refractivity contribution in [1.29, 1.82) is 0 Å². The van der Waals surface area contributed by atoms with Gasteiger partial charge in [-0.05, 0) is 44.7 Å². The smallest absolute Gasteiger partial charge is 0.272 e. The van der Waals surface area contributed by atoms with Gasteiger partial charge >= 0.3 is 0 Å². The summed E-state index contributed by atoms with van der Waals surface area (Å²) < 4.78 is 8.16. The first kappa shape index (κ1) is 21.6. The van der Waals surface area contributed by atoms with Gasteiger partial charge in [0, 0.05) is 43.9 Å². The Labute approximate surface area is 183 Å². The summed E-state index contributed by atoms with van der Waals surface area (Å²) in [7, 11) is 1.89. The summed E-state index contributed by atoms with van der Waals surface area (Å²) in [5.41, 5.74) is 4.39. The van der Waals surface area contributed by atoms with Gasteiger partial charge in [0.2, 0.25) is 5.91 Å². The Kier molecular flexibility index (Phi) is 5.88. The third-order valence-corrected chi connectivity index (χ3v) is 6.55. The summed E-state index contributed by atoms with van der Waals surface area (Å²) in [5.74, 6) is 0.0249. The van der Waals surface area contributed by atoms with E-state index in [1.165, 1.54) is 0 Å².